The average molecular weight is 563 g/mol. The fourth-order valence-electron chi connectivity index (χ4n) is 4.62. The Hall–Kier alpha value is -4.58. The third-order valence-electron chi connectivity index (χ3n) is 6.36. The first-order valence-corrected chi connectivity index (χ1v) is 12.9. The summed E-state index contributed by atoms with van der Waals surface area (Å²) < 4.78 is 23.0. The molecule has 1 amide bonds. The van der Waals surface area contributed by atoms with Crippen LogP contribution >= 0.6 is 11.6 Å². The summed E-state index contributed by atoms with van der Waals surface area (Å²) in [5.74, 6) is -0.305. The van der Waals surface area contributed by atoms with Gasteiger partial charge in [-0.2, -0.15) is 4.98 Å². The SMILES string of the molecule is CC(C)(C)OC(=O)N1CCc2ncc(Nc3ncc4c(=O)n(-c5c(F)cccc5Cl)c5nccn5c4n3)cc2C1. The Bertz CT molecular complexity index is 1840. The summed E-state index contributed by atoms with van der Waals surface area (Å²) in [4.78, 5) is 45.4. The number of aromatic nitrogens is 6. The molecule has 1 aliphatic heterocycles. The lowest BCUT2D eigenvalue weighted by molar-refractivity contribution is 0.0223. The van der Waals surface area contributed by atoms with E-state index < -0.39 is 17.0 Å². The molecule has 6 rings (SSSR count). The molecule has 1 aromatic carbocycles. The zero-order chi connectivity index (χ0) is 28.2. The first-order chi connectivity index (χ1) is 19.1. The highest BCUT2D eigenvalue weighted by Crippen LogP contribution is 2.26. The van der Waals surface area contributed by atoms with E-state index in [1.807, 2.05) is 26.8 Å². The summed E-state index contributed by atoms with van der Waals surface area (Å²) in [6.45, 7) is 6.37. The van der Waals surface area contributed by atoms with Crippen LogP contribution in [-0.4, -0.2) is 52.0 Å². The van der Waals surface area contributed by atoms with E-state index in [1.165, 1.54) is 30.6 Å². The molecule has 13 heteroatoms. The zero-order valence-electron chi connectivity index (χ0n) is 21.9. The zero-order valence-corrected chi connectivity index (χ0v) is 22.6. The summed E-state index contributed by atoms with van der Waals surface area (Å²) >= 11 is 6.26. The summed E-state index contributed by atoms with van der Waals surface area (Å²) in [5.41, 5.74) is 1.41. The van der Waals surface area contributed by atoms with E-state index in [0.29, 0.717) is 25.2 Å². The minimum atomic E-state index is -0.664. The Labute approximate surface area is 232 Å². The highest BCUT2D eigenvalue weighted by Gasteiger charge is 2.26. The lowest BCUT2D eigenvalue weighted by Crippen LogP contribution is -2.40. The standard InChI is InChI=1S/C27H24ClFN8O3/c1-27(2,3)40-26(39)35-9-7-20-15(14-35)11-16(12-31-20)33-24-32-13-17-22(34-24)36-10-8-30-25(36)37(23(17)38)21-18(28)5-4-6-19(21)29/h4-6,8,10-13H,7,9,14H2,1-3H3,(H,32,33,34). The van der Waals surface area contributed by atoms with Crippen molar-refractivity contribution in [2.24, 2.45) is 0 Å². The van der Waals surface area contributed by atoms with Crippen LogP contribution in [0.15, 0.2) is 53.8 Å². The molecule has 0 aliphatic carbocycles. The Morgan fingerprint density at radius 2 is 2.00 bits per heavy atom. The van der Waals surface area contributed by atoms with Crippen molar-refractivity contribution < 1.29 is 13.9 Å². The number of nitrogens with zero attached hydrogens (tertiary/aromatic N) is 7. The quantitative estimate of drug-likeness (QED) is 0.337. The molecule has 0 saturated carbocycles. The van der Waals surface area contributed by atoms with E-state index in [0.717, 1.165) is 15.8 Å². The van der Waals surface area contributed by atoms with Crippen LogP contribution in [-0.2, 0) is 17.7 Å². The Morgan fingerprint density at radius 1 is 1.18 bits per heavy atom. The van der Waals surface area contributed by atoms with Crippen molar-refractivity contribution in [1.82, 2.24) is 33.8 Å². The number of para-hydroxylation sites is 1. The van der Waals surface area contributed by atoms with Crippen LogP contribution in [0.25, 0.3) is 22.5 Å². The van der Waals surface area contributed by atoms with Crippen molar-refractivity contribution in [3.63, 3.8) is 0 Å². The molecule has 0 radical (unpaired) electrons. The average Bonchev–Trinajstić information content (AvgIpc) is 3.39. The van der Waals surface area contributed by atoms with Crippen LogP contribution in [0.4, 0.5) is 20.8 Å². The molecule has 0 saturated heterocycles. The molecule has 40 heavy (non-hydrogen) atoms. The number of pyridine rings is 1. The third-order valence-corrected chi connectivity index (χ3v) is 6.67. The van der Waals surface area contributed by atoms with Crippen molar-refractivity contribution in [2.75, 3.05) is 11.9 Å². The van der Waals surface area contributed by atoms with Crippen molar-refractivity contribution in [3.05, 3.63) is 81.5 Å². The van der Waals surface area contributed by atoms with Gasteiger partial charge in [0.2, 0.25) is 11.7 Å². The van der Waals surface area contributed by atoms with Gasteiger partial charge in [-0.1, -0.05) is 17.7 Å². The second-order valence-corrected chi connectivity index (χ2v) is 10.8. The normalized spacial score (nSPS) is 13.5. The number of benzene rings is 1. The van der Waals surface area contributed by atoms with Gasteiger partial charge in [0.15, 0.2) is 5.65 Å². The largest absolute Gasteiger partial charge is 0.444 e. The van der Waals surface area contributed by atoms with E-state index in [2.05, 4.69) is 25.3 Å². The molecule has 204 valence electrons. The number of halogens is 2. The highest BCUT2D eigenvalue weighted by atomic mass is 35.5. The highest BCUT2D eigenvalue weighted by molar-refractivity contribution is 6.32. The van der Waals surface area contributed by atoms with E-state index >= 15 is 0 Å². The van der Waals surface area contributed by atoms with Gasteiger partial charge in [0.05, 0.1) is 23.5 Å². The van der Waals surface area contributed by atoms with Crippen LogP contribution in [0.1, 0.15) is 32.0 Å². The maximum absolute atomic E-state index is 14.8. The van der Waals surface area contributed by atoms with E-state index in [1.54, 1.807) is 21.7 Å². The van der Waals surface area contributed by atoms with E-state index in [4.69, 9.17) is 16.3 Å². The van der Waals surface area contributed by atoms with E-state index in [9.17, 15) is 14.0 Å². The predicted octanol–water partition coefficient (Wildman–Crippen LogP) is 4.65. The number of hydrogen-bond acceptors (Lipinski definition) is 8. The lowest BCUT2D eigenvalue weighted by atomic mass is 10.1. The molecule has 0 fully saturated rings. The molecule has 0 spiro atoms. The summed E-state index contributed by atoms with van der Waals surface area (Å²) in [6.07, 6.45) is 6.37. The van der Waals surface area contributed by atoms with Crippen molar-refractivity contribution in [2.45, 2.75) is 39.3 Å². The second-order valence-electron chi connectivity index (χ2n) is 10.3. The minimum absolute atomic E-state index is 0.0655. The van der Waals surface area contributed by atoms with Gasteiger partial charge in [-0.3, -0.25) is 14.2 Å². The van der Waals surface area contributed by atoms with Gasteiger partial charge in [-0.15, -0.1) is 0 Å². The number of fused-ring (bicyclic) bond motifs is 4. The molecule has 0 unspecified atom stereocenters. The van der Waals surface area contributed by atoms with Crippen LogP contribution in [0.5, 0.6) is 0 Å². The molecular weight excluding hydrogens is 539 g/mol. The second kappa shape index (κ2) is 9.56. The molecular formula is C27H24ClFN8O3. The summed E-state index contributed by atoms with van der Waals surface area (Å²) in [6, 6.07) is 6.07. The first-order valence-electron chi connectivity index (χ1n) is 12.5. The van der Waals surface area contributed by atoms with Crippen molar-refractivity contribution >= 4 is 46.1 Å². The summed E-state index contributed by atoms with van der Waals surface area (Å²) in [7, 11) is 0. The number of rotatable bonds is 3. The van der Waals surface area contributed by atoms with Gasteiger partial charge >= 0.3 is 6.09 Å². The minimum Gasteiger partial charge on any atom is -0.444 e. The maximum atomic E-state index is 14.8. The Morgan fingerprint density at radius 3 is 2.77 bits per heavy atom. The van der Waals surface area contributed by atoms with Gasteiger partial charge in [0.1, 0.15) is 22.5 Å². The molecule has 0 bridgehead atoms. The van der Waals surface area contributed by atoms with Crippen LogP contribution in [0.3, 0.4) is 0 Å². The maximum Gasteiger partial charge on any atom is 0.410 e. The van der Waals surface area contributed by atoms with Gasteiger partial charge < -0.3 is 15.0 Å². The fourth-order valence-corrected chi connectivity index (χ4v) is 4.86. The van der Waals surface area contributed by atoms with Gasteiger partial charge in [0, 0.05) is 37.3 Å². The van der Waals surface area contributed by atoms with Crippen LogP contribution < -0.4 is 10.9 Å². The lowest BCUT2D eigenvalue weighted by Gasteiger charge is -2.31. The molecule has 11 nitrogen and oxygen atoms in total. The number of ether oxygens (including phenoxy) is 1. The number of amides is 1. The first kappa shape index (κ1) is 25.7. The Balaban J connectivity index is 1.34. The third kappa shape index (κ3) is 4.60. The number of carbonyl (C=O) groups excluding carboxylic acids is 1. The predicted molar refractivity (Wildman–Crippen MR) is 147 cm³/mol. The van der Waals surface area contributed by atoms with E-state index in [-0.39, 0.29) is 39.6 Å². The van der Waals surface area contributed by atoms with Crippen molar-refractivity contribution in [1.29, 1.82) is 0 Å². The number of anilines is 2. The number of carbonyl (C=O) groups is 1. The number of nitrogens with one attached hydrogen (secondary N) is 1. The number of imidazole rings is 1. The van der Waals surface area contributed by atoms with Gasteiger partial charge in [-0.25, -0.2) is 23.7 Å². The van der Waals surface area contributed by atoms with Crippen LogP contribution in [0, 0.1) is 5.82 Å². The molecule has 1 N–H and O–H groups in total. The fraction of sp³-hybridized carbons (Fsp3) is 0.259. The molecule has 4 aromatic heterocycles. The smallest absolute Gasteiger partial charge is 0.410 e. The molecule has 0 atom stereocenters. The van der Waals surface area contributed by atoms with Gasteiger partial charge in [0.25, 0.3) is 5.56 Å². The molecule has 5 aromatic rings. The Kier molecular flexibility index (Phi) is 6.14. The van der Waals surface area contributed by atoms with Gasteiger partial charge in [-0.05, 0) is 44.5 Å². The summed E-state index contributed by atoms with van der Waals surface area (Å²) in [5, 5.41) is 3.34. The molecule has 1 aliphatic rings. The monoisotopic (exact) mass is 562 g/mol. The van der Waals surface area contributed by atoms with Crippen molar-refractivity contribution in [3.8, 4) is 5.69 Å². The van der Waals surface area contributed by atoms with Crippen LogP contribution in [0.2, 0.25) is 5.02 Å². The molecule has 5 heterocycles. The number of hydrogen-bond donors (Lipinski definition) is 1. The topological polar surface area (TPSA) is 120 Å².